The fraction of sp³-hybridized carbons (Fsp3) is 0.182. The lowest BCUT2D eigenvalue weighted by atomic mass is 10.2. The van der Waals surface area contributed by atoms with E-state index in [1.165, 1.54) is 0 Å². The van der Waals surface area contributed by atoms with Crippen molar-refractivity contribution in [3.63, 3.8) is 0 Å². The van der Waals surface area contributed by atoms with Crippen molar-refractivity contribution in [3.05, 3.63) is 33.4 Å². The van der Waals surface area contributed by atoms with E-state index in [-0.39, 0.29) is 0 Å². The summed E-state index contributed by atoms with van der Waals surface area (Å²) in [5.41, 5.74) is 0.340. The highest BCUT2D eigenvalue weighted by atomic mass is 127. The van der Waals surface area contributed by atoms with Crippen LogP contribution in [0.15, 0.2) is 24.3 Å². The first-order chi connectivity index (χ1) is 8.16. The van der Waals surface area contributed by atoms with Gasteiger partial charge in [-0.05, 0) is 40.8 Å². The average molecular weight is 368 g/mol. The van der Waals surface area contributed by atoms with Crippen molar-refractivity contribution in [1.29, 1.82) is 0 Å². The van der Waals surface area contributed by atoms with Crippen LogP contribution in [0.4, 0.5) is 0 Å². The minimum absolute atomic E-state index is 0.340. The lowest BCUT2D eigenvalue weighted by Gasteiger charge is -1.92. The van der Waals surface area contributed by atoms with Gasteiger partial charge in [0.05, 0.1) is 5.56 Å². The second-order valence-corrected chi connectivity index (χ2v) is 4.10. The van der Waals surface area contributed by atoms with Crippen molar-refractivity contribution in [2.45, 2.75) is 13.8 Å². The van der Waals surface area contributed by atoms with Crippen molar-refractivity contribution in [2.24, 2.45) is 0 Å². The number of carboxylic acids is 3. The Morgan fingerprint density at radius 2 is 1.39 bits per heavy atom. The van der Waals surface area contributed by atoms with Crippen LogP contribution in [0.1, 0.15) is 24.2 Å². The third kappa shape index (κ3) is 16.8. The van der Waals surface area contributed by atoms with Gasteiger partial charge in [0.15, 0.2) is 0 Å². The van der Waals surface area contributed by atoms with Crippen molar-refractivity contribution in [3.8, 4) is 0 Å². The Morgan fingerprint density at radius 1 is 1.00 bits per heavy atom. The summed E-state index contributed by atoms with van der Waals surface area (Å²) in [5, 5.41) is 23.3. The minimum Gasteiger partial charge on any atom is -0.481 e. The van der Waals surface area contributed by atoms with E-state index in [4.69, 9.17) is 24.9 Å². The smallest absolute Gasteiger partial charge is 0.335 e. The molecule has 0 saturated heterocycles. The molecule has 0 saturated carbocycles. The van der Waals surface area contributed by atoms with E-state index >= 15 is 0 Å². The fourth-order valence-corrected chi connectivity index (χ4v) is 1.16. The van der Waals surface area contributed by atoms with E-state index in [0.717, 1.165) is 17.4 Å². The molecule has 0 aliphatic heterocycles. The van der Waals surface area contributed by atoms with Gasteiger partial charge in [-0.3, -0.25) is 9.59 Å². The first kappa shape index (κ1) is 18.7. The molecule has 0 atom stereocenters. The SMILES string of the molecule is CC(=O)O.CC(=O)O.O=C(O)c1cccc(I)c1. The molecule has 0 aromatic heterocycles. The number of carboxylic acid groups (broad SMARTS) is 3. The number of hydrogen-bond acceptors (Lipinski definition) is 3. The van der Waals surface area contributed by atoms with Gasteiger partial charge in [-0.25, -0.2) is 4.79 Å². The predicted octanol–water partition coefficient (Wildman–Crippen LogP) is 2.17. The van der Waals surface area contributed by atoms with Gasteiger partial charge >= 0.3 is 5.97 Å². The molecule has 1 rings (SSSR count). The van der Waals surface area contributed by atoms with Crippen LogP contribution in [0, 0.1) is 3.57 Å². The third-order valence-corrected chi connectivity index (χ3v) is 1.74. The first-order valence-corrected chi connectivity index (χ1v) is 5.62. The number of aromatic carboxylic acids is 1. The normalized spacial score (nSPS) is 7.94. The van der Waals surface area contributed by atoms with Gasteiger partial charge in [-0.2, -0.15) is 0 Å². The van der Waals surface area contributed by atoms with E-state index in [2.05, 4.69) is 22.6 Å². The molecular weight excluding hydrogens is 355 g/mol. The molecule has 7 heteroatoms. The van der Waals surface area contributed by atoms with Gasteiger partial charge in [0.25, 0.3) is 11.9 Å². The number of halogens is 1. The molecule has 0 unspecified atom stereocenters. The van der Waals surface area contributed by atoms with Gasteiger partial charge in [-0.15, -0.1) is 0 Å². The maximum absolute atomic E-state index is 10.3. The fourth-order valence-electron chi connectivity index (χ4n) is 0.622. The van der Waals surface area contributed by atoms with Crippen LogP contribution in [0.2, 0.25) is 0 Å². The van der Waals surface area contributed by atoms with Crippen LogP contribution in [-0.4, -0.2) is 33.2 Å². The summed E-state index contributed by atoms with van der Waals surface area (Å²) in [6.45, 7) is 2.17. The minimum atomic E-state index is -0.876. The number of benzene rings is 1. The van der Waals surface area contributed by atoms with Crippen LogP contribution < -0.4 is 0 Å². The van der Waals surface area contributed by atoms with E-state index in [1.54, 1.807) is 18.2 Å². The topological polar surface area (TPSA) is 112 Å². The molecule has 100 valence electrons. The predicted molar refractivity (Wildman–Crippen MR) is 72.7 cm³/mol. The Bertz CT molecular complexity index is 396. The molecule has 0 aliphatic rings. The quantitative estimate of drug-likeness (QED) is 0.655. The van der Waals surface area contributed by atoms with Crippen LogP contribution in [0.3, 0.4) is 0 Å². The van der Waals surface area contributed by atoms with Crippen molar-refractivity contribution >= 4 is 40.5 Å². The lowest BCUT2D eigenvalue weighted by molar-refractivity contribution is -0.135. The number of rotatable bonds is 1. The summed E-state index contributed by atoms with van der Waals surface area (Å²) < 4.78 is 0.942. The third-order valence-electron chi connectivity index (χ3n) is 1.07. The summed E-state index contributed by atoms with van der Waals surface area (Å²) >= 11 is 2.08. The Labute approximate surface area is 117 Å². The van der Waals surface area contributed by atoms with Gasteiger partial charge < -0.3 is 15.3 Å². The Hall–Kier alpha value is -1.64. The molecule has 3 N–H and O–H groups in total. The summed E-state index contributed by atoms with van der Waals surface area (Å²) in [6, 6.07) is 6.78. The van der Waals surface area contributed by atoms with E-state index in [1.807, 2.05) is 6.07 Å². The number of hydrogen-bond donors (Lipinski definition) is 3. The average Bonchev–Trinajstić information content (AvgIpc) is 2.15. The largest absolute Gasteiger partial charge is 0.481 e. The van der Waals surface area contributed by atoms with Crippen molar-refractivity contribution in [1.82, 2.24) is 0 Å². The Kier molecular flexibility index (Phi) is 10.9. The van der Waals surface area contributed by atoms with Gasteiger partial charge in [0.2, 0.25) is 0 Å². The zero-order valence-electron chi connectivity index (χ0n) is 9.75. The van der Waals surface area contributed by atoms with Crippen LogP contribution in [-0.2, 0) is 9.59 Å². The second kappa shape index (κ2) is 10.5. The molecule has 0 spiro atoms. The molecular formula is C11H13IO6. The zero-order chi connectivity index (χ0) is 14.7. The number of aliphatic carboxylic acids is 2. The molecule has 18 heavy (non-hydrogen) atoms. The summed E-state index contributed by atoms with van der Waals surface area (Å²) in [5.74, 6) is -2.54. The van der Waals surface area contributed by atoms with Crippen LogP contribution in [0.5, 0.6) is 0 Å². The molecule has 0 fully saturated rings. The van der Waals surface area contributed by atoms with Gasteiger partial charge in [0.1, 0.15) is 0 Å². The lowest BCUT2D eigenvalue weighted by Crippen LogP contribution is -1.95. The maximum atomic E-state index is 10.3. The summed E-state index contributed by atoms with van der Waals surface area (Å²) in [6.07, 6.45) is 0. The van der Waals surface area contributed by atoms with E-state index in [0.29, 0.717) is 5.56 Å². The number of carbonyl (C=O) groups is 3. The van der Waals surface area contributed by atoms with Crippen molar-refractivity contribution in [2.75, 3.05) is 0 Å². The summed E-state index contributed by atoms with van der Waals surface area (Å²) in [7, 11) is 0. The molecule has 6 nitrogen and oxygen atoms in total. The highest BCUT2D eigenvalue weighted by molar-refractivity contribution is 14.1. The zero-order valence-corrected chi connectivity index (χ0v) is 11.9. The second-order valence-electron chi connectivity index (χ2n) is 2.85. The molecule has 0 bridgehead atoms. The standard InChI is InChI=1S/C7H5IO2.2C2H4O2/c8-6-3-1-2-5(4-6)7(9)10;2*1-2(3)4/h1-4H,(H,9,10);2*1H3,(H,3,4). The molecule has 1 aromatic carbocycles. The van der Waals surface area contributed by atoms with Gasteiger partial charge in [0, 0.05) is 17.4 Å². The molecule has 0 heterocycles. The Balaban J connectivity index is 0. The highest BCUT2D eigenvalue weighted by Crippen LogP contribution is 2.06. The highest BCUT2D eigenvalue weighted by Gasteiger charge is 1.99. The van der Waals surface area contributed by atoms with Crippen LogP contribution in [0.25, 0.3) is 0 Å². The summed E-state index contributed by atoms with van der Waals surface area (Å²) in [4.78, 5) is 28.3. The van der Waals surface area contributed by atoms with E-state index in [9.17, 15) is 4.79 Å². The molecule has 0 amide bonds. The monoisotopic (exact) mass is 368 g/mol. The first-order valence-electron chi connectivity index (χ1n) is 4.54. The Morgan fingerprint density at radius 3 is 1.61 bits per heavy atom. The van der Waals surface area contributed by atoms with Crippen LogP contribution >= 0.6 is 22.6 Å². The molecule has 1 aromatic rings. The molecule has 0 radical (unpaired) electrons. The molecule has 0 aliphatic carbocycles. The van der Waals surface area contributed by atoms with Gasteiger partial charge in [-0.1, -0.05) is 6.07 Å². The van der Waals surface area contributed by atoms with Crippen molar-refractivity contribution < 1.29 is 29.7 Å². The van der Waals surface area contributed by atoms with E-state index < -0.39 is 17.9 Å². The maximum Gasteiger partial charge on any atom is 0.335 e.